The molecule has 4 amide bonds. The molecule has 0 unspecified atom stereocenters. The zero-order valence-electron chi connectivity index (χ0n) is 17.7. The van der Waals surface area contributed by atoms with Crippen molar-refractivity contribution in [3.8, 4) is 5.75 Å². The third kappa shape index (κ3) is 4.97. The number of rotatable bonds is 6. The number of barbiturate groups is 1. The molecule has 8 nitrogen and oxygen atoms in total. The molecule has 3 rings (SSSR count). The van der Waals surface area contributed by atoms with E-state index in [-0.39, 0.29) is 29.5 Å². The average molecular weight is 457 g/mol. The van der Waals surface area contributed by atoms with Crippen LogP contribution in [0.1, 0.15) is 36.7 Å². The number of nitrogens with zero attached hydrogens (tertiary/aromatic N) is 1. The minimum absolute atomic E-state index is 0.0720. The molecule has 0 atom stereocenters. The Kier molecular flexibility index (Phi) is 6.95. The van der Waals surface area contributed by atoms with Gasteiger partial charge in [-0.25, -0.2) is 14.5 Å². The van der Waals surface area contributed by atoms with Crippen molar-refractivity contribution in [2.45, 2.75) is 26.9 Å². The van der Waals surface area contributed by atoms with Crippen LogP contribution in [0.15, 0.2) is 48.0 Å². The van der Waals surface area contributed by atoms with Gasteiger partial charge in [0.25, 0.3) is 11.8 Å². The van der Waals surface area contributed by atoms with Crippen molar-refractivity contribution in [1.29, 1.82) is 0 Å². The van der Waals surface area contributed by atoms with E-state index in [1.54, 1.807) is 25.1 Å². The van der Waals surface area contributed by atoms with Gasteiger partial charge in [-0.15, -0.1) is 0 Å². The van der Waals surface area contributed by atoms with Crippen LogP contribution in [0.3, 0.4) is 0 Å². The SMILES string of the molecule is CCOC(=O)c1ccc(N2C(=O)NC(=O)/C(=C\c3ccc(OC(C)C)c(Cl)c3)C2=O)cc1. The molecule has 1 aliphatic rings. The average Bonchev–Trinajstić information content (AvgIpc) is 2.73. The number of hydrogen-bond donors (Lipinski definition) is 1. The summed E-state index contributed by atoms with van der Waals surface area (Å²) in [4.78, 5) is 50.3. The number of amides is 4. The third-order valence-corrected chi connectivity index (χ3v) is 4.66. The Hall–Kier alpha value is -3.65. The normalized spacial score (nSPS) is 15.2. The van der Waals surface area contributed by atoms with Crippen LogP contribution in [0.4, 0.5) is 10.5 Å². The topological polar surface area (TPSA) is 102 Å². The Labute approximate surface area is 189 Å². The first-order valence-electron chi connectivity index (χ1n) is 9.86. The highest BCUT2D eigenvalue weighted by atomic mass is 35.5. The van der Waals surface area contributed by atoms with Gasteiger partial charge in [0.15, 0.2) is 0 Å². The molecule has 1 saturated heterocycles. The van der Waals surface area contributed by atoms with E-state index >= 15 is 0 Å². The molecule has 9 heteroatoms. The van der Waals surface area contributed by atoms with Crippen LogP contribution in [0.25, 0.3) is 6.08 Å². The van der Waals surface area contributed by atoms with Gasteiger partial charge in [-0.2, -0.15) is 0 Å². The number of halogens is 1. The summed E-state index contributed by atoms with van der Waals surface area (Å²) in [6.45, 7) is 5.63. The quantitative estimate of drug-likeness (QED) is 0.401. The smallest absolute Gasteiger partial charge is 0.338 e. The number of ether oxygens (including phenoxy) is 2. The molecule has 0 saturated carbocycles. The van der Waals surface area contributed by atoms with Crippen LogP contribution < -0.4 is 15.0 Å². The molecule has 0 spiro atoms. The third-order valence-electron chi connectivity index (χ3n) is 4.37. The van der Waals surface area contributed by atoms with E-state index in [1.807, 2.05) is 13.8 Å². The van der Waals surface area contributed by atoms with Crippen molar-refractivity contribution >= 4 is 47.2 Å². The van der Waals surface area contributed by atoms with Gasteiger partial charge in [0.2, 0.25) is 0 Å². The minimum atomic E-state index is -0.889. The summed E-state index contributed by atoms with van der Waals surface area (Å²) in [5, 5.41) is 2.47. The maximum Gasteiger partial charge on any atom is 0.338 e. The summed E-state index contributed by atoms with van der Waals surface area (Å²) in [6, 6.07) is 9.66. The molecule has 166 valence electrons. The van der Waals surface area contributed by atoms with E-state index in [1.165, 1.54) is 30.3 Å². The number of nitrogens with one attached hydrogen (secondary N) is 1. The van der Waals surface area contributed by atoms with Gasteiger partial charge in [-0.3, -0.25) is 14.9 Å². The summed E-state index contributed by atoms with van der Waals surface area (Å²) in [6.07, 6.45) is 1.27. The largest absolute Gasteiger partial charge is 0.489 e. The molecule has 1 heterocycles. The lowest BCUT2D eigenvalue weighted by Gasteiger charge is -2.26. The van der Waals surface area contributed by atoms with E-state index in [2.05, 4.69) is 5.32 Å². The van der Waals surface area contributed by atoms with Crippen molar-refractivity contribution in [1.82, 2.24) is 5.32 Å². The van der Waals surface area contributed by atoms with E-state index in [9.17, 15) is 19.2 Å². The minimum Gasteiger partial charge on any atom is -0.489 e. The molecule has 0 aromatic heterocycles. The van der Waals surface area contributed by atoms with Gasteiger partial charge in [-0.05, 0) is 68.8 Å². The number of hydrogen-bond acceptors (Lipinski definition) is 6. The maximum atomic E-state index is 13.0. The number of anilines is 1. The Morgan fingerprint density at radius 3 is 2.41 bits per heavy atom. The highest BCUT2D eigenvalue weighted by Crippen LogP contribution is 2.28. The summed E-state index contributed by atoms with van der Waals surface area (Å²) in [5.74, 6) is -1.67. The second-order valence-corrected chi connectivity index (χ2v) is 7.49. The second-order valence-electron chi connectivity index (χ2n) is 7.08. The van der Waals surface area contributed by atoms with Crippen LogP contribution in [-0.4, -0.2) is 36.5 Å². The van der Waals surface area contributed by atoms with Gasteiger partial charge >= 0.3 is 12.0 Å². The fourth-order valence-corrected chi connectivity index (χ4v) is 3.21. The first-order valence-corrected chi connectivity index (χ1v) is 10.2. The lowest BCUT2D eigenvalue weighted by Crippen LogP contribution is -2.54. The molecule has 2 aromatic carbocycles. The molecule has 32 heavy (non-hydrogen) atoms. The van der Waals surface area contributed by atoms with Crippen LogP contribution in [0.2, 0.25) is 5.02 Å². The molecule has 0 aliphatic carbocycles. The van der Waals surface area contributed by atoms with E-state index in [0.29, 0.717) is 16.3 Å². The van der Waals surface area contributed by atoms with Gasteiger partial charge in [0, 0.05) is 0 Å². The van der Waals surface area contributed by atoms with Gasteiger partial charge in [0.05, 0.1) is 29.0 Å². The zero-order chi connectivity index (χ0) is 23.4. The zero-order valence-corrected chi connectivity index (χ0v) is 18.4. The highest BCUT2D eigenvalue weighted by Gasteiger charge is 2.36. The molecule has 1 N–H and O–H groups in total. The fourth-order valence-electron chi connectivity index (χ4n) is 2.98. The Morgan fingerprint density at radius 2 is 1.81 bits per heavy atom. The number of imide groups is 2. The van der Waals surface area contributed by atoms with E-state index in [4.69, 9.17) is 21.1 Å². The van der Waals surface area contributed by atoms with Gasteiger partial charge in [-0.1, -0.05) is 17.7 Å². The number of carbonyl (C=O) groups is 4. The first kappa shape index (κ1) is 23.0. The van der Waals surface area contributed by atoms with Crippen molar-refractivity contribution < 1.29 is 28.7 Å². The van der Waals surface area contributed by atoms with Gasteiger partial charge in [0.1, 0.15) is 11.3 Å². The Morgan fingerprint density at radius 1 is 1.12 bits per heavy atom. The molecular formula is C23H21ClN2O6. The molecule has 2 aromatic rings. The summed E-state index contributed by atoms with van der Waals surface area (Å²) in [7, 11) is 0. The molecular weight excluding hydrogens is 436 g/mol. The van der Waals surface area contributed by atoms with Crippen LogP contribution >= 0.6 is 11.6 Å². The predicted octanol–water partition coefficient (Wildman–Crippen LogP) is 3.97. The number of urea groups is 1. The number of carbonyl (C=O) groups excluding carboxylic acids is 4. The lowest BCUT2D eigenvalue weighted by atomic mass is 10.1. The summed E-state index contributed by atoms with van der Waals surface area (Å²) in [5.41, 5.74) is 0.701. The number of benzene rings is 2. The molecule has 1 fully saturated rings. The van der Waals surface area contributed by atoms with Crippen molar-refractivity contribution in [2.24, 2.45) is 0 Å². The molecule has 0 radical (unpaired) electrons. The van der Waals surface area contributed by atoms with Crippen LogP contribution in [-0.2, 0) is 14.3 Å². The standard InChI is InChI=1S/C23H21ClN2O6/c1-4-31-22(29)15-6-8-16(9-7-15)26-21(28)17(20(27)25-23(26)30)11-14-5-10-19(18(24)12-14)32-13(2)3/h5-13H,4H2,1-3H3,(H,25,27,30)/b17-11+. The lowest BCUT2D eigenvalue weighted by molar-refractivity contribution is -0.122. The second kappa shape index (κ2) is 9.65. The monoisotopic (exact) mass is 456 g/mol. The predicted molar refractivity (Wildman–Crippen MR) is 119 cm³/mol. The fraction of sp³-hybridized carbons (Fsp3) is 0.217. The first-order chi connectivity index (χ1) is 15.2. The maximum absolute atomic E-state index is 13.0. The summed E-state index contributed by atoms with van der Waals surface area (Å²) < 4.78 is 10.5. The van der Waals surface area contributed by atoms with Crippen LogP contribution in [0, 0.1) is 0 Å². The van der Waals surface area contributed by atoms with Crippen molar-refractivity contribution in [3.63, 3.8) is 0 Å². The molecule has 1 aliphatic heterocycles. The van der Waals surface area contributed by atoms with Crippen molar-refractivity contribution in [2.75, 3.05) is 11.5 Å². The number of esters is 1. The van der Waals surface area contributed by atoms with Crippen molar-refractivity contribution in [3.05, 3.63) is 64.2 Å². The Balaban J connectivity index is 1.90. The summed E-state index contributed by atoms with van der Waals surface area (Å²) >= 11 is 6.23. The molecule has 0 bridgehead atoms. The van der Waals surface area contributed by atoms with Gasteiger partial charge < -0.3 is 9.47 Å². The highest BCUT2D eigenvalue weighted by molar-refractivity contribution is 6.39. The van der Waals surface area contributed by atoms with Crippen LogP contribution in [0.5, 0.6) is 5.75 Å². The van der Waals surface area contributed by atoms with E-state index in [0.717, 1.165) is 4.90 Å². The Bertz CT molecular complexity index is 1110. The van der Waals surface area contributed by atoms with E-state index < -0.39 is 23.8 Å².